The fourth-order valence-electron chi connectivity index (χ4n) is 4.37. The largest absolute Gasteiger partial charge is 0.369 e. The van der Waals surface area contributed by atoms with Gasteiger partial charge in [-0.1, -0.05) is 36.4 Å². The van der Waals surface area contributed by atoms with Gasteiger partial charge in [-0.3, -0.25) is 4.79 Å². The SMILES string of the molecule is Cc1cc(C(=O)N2[C@H](C)CO[C@H](c3ccccc3)[C@@H]2C)c(C)n1-c1ccccn1. The molecule has 1 fully saturated rings. The average molecular weight is 389 g/mol. The van der Waals surface area contributed by atoms with Gasteiger partial charge in [0.2, 0.25) is 0 Å². The lowest BCUT2D eigenvalue weighted by Gasteiger charge is -2.44. The summed E-state index contributed by atoms with van der Waals surface area (Å²) in [5.74, 6) is 0.872. The van der Waals surface area contributed by atoms with Crippen LogP contribution in [0.25, 0.3) is 5.82 Å². The summed E-state index contributed by atoms with van der Waals surface area (Å²) in [5, 5.41) is 0. The Morgan fingerprint density at radius 2 is 1.79 bits per heavy atom. The van der Waals surface area contributed by atoms with E-state index in [0.29, 0.717) is 6.61 Å². The summed E-state index contributed by atoms with van der Waals surface area (Å²) in [4.78, 5) is 20.1. The average Bonchev–Trinajstić information content (AvgIpc) is 3.03. The van der Waals surface area contributed by atoms with Crippen LogP contribution in [0.1, 0.15) is 47.3 Å². The van der Waals surface area contributed by atoms with Crippen molar-refractivity contribution in [1.29, 1.82) is 0 Å². The quantitative estimate of drug-likeness (QED) is 0.664. The van der Waals surface area contributed by atoms with Gasteiger partial charge in [0.25, 0.3) is 5.91 Å². The molecular weight excluding hydrogens is 362 g/mol. The maximum absolute atomic E-state index is 13.7. The van der Waals surface area contributed by atoms with E-state index < -0.39 is 0 Å². The molecular formula is C24H27N3O2. The van der Waals surface area contributed by atoms with Crippen LogP contribution in [-0.2, 0) is 4.74 Å². The predicted octanol–water partition coefficient (Wildman–Crippen LogP) is 4.48. The Labute approximate surface area is 171 Å². The number of hydrogen-bond acceptors (Lipinski definition) is 3. The van der Waals surface area contributed by atoms with E-state index in [9.17, 15) is 4.79 Å². The summed E-state index contributed by atoms with van der Waals surface area (Å²) < 4.78 is 8.16. The Hall–Kier alpha value is -2.92. The molecule has 1 aliphatic heterocycles. The van der Waals surface area contributed by atoms with Crippen LogP contribution in [0.15, 0.2) is 60.8 Å². The molecule has 1 saturated heterocycles. The molecule has 0 unspecified atom stereocenters. The van der Waals surface area contributed by atoms with E-state index in [-0.39, 0.29) is 24.1 Å². The van der Waals surface area contributed by atoms with Gasteiger partial charge in [0.05, 0.1) is 24.3 Å². The number of carbonyl (C=O) groups excluding carboxylic acids is 1. The lowest BCUT2D eigenvalue weighted by molar-refractivity contribution is -0.0806. The zero-order valence-corrected chi connectivity index (χ0v) is 17.4. The van der Waals surface area contributed by atoms with Crippen molar-refractivity contribution < 1.29 is 9.53 Å². The van der Waals surface area contributed by atoms with Gasteiger partial charge in [-0.05, 0) is 51.5 Å². The van der Waals surface area contributed by atoms with Crippen molar-refractivity contribution >= 4 is 5.91 Å². The Balaban J connectivity index is 1.68. The minimum atomic E-state index is -0.129. The lowest BCUT2D eigenvalue weighted by Crippen LogP contribution is -2.53. The molecule has 1 aromatic carbocycles. The molecule has 0 N–H and O–H groups in total. The van der Waals surface area contributed by atoms with E-state index in [4.69, 9.17) is 4.74 Å². The maximum atomic E-state index is 13.7. The first-order chi connectivity index (χ1) is 14.0. The second kappa shape index (κ2) is 7.84. The third-order valence-corrected chi connectivity index (χ3v) is 5.77. The molecule has 29 heavy (non-hydrogen) atoms. The number of carbonyl (C=O) groups is 1. The Kier molecular flexibility index (Phi) is 5.24. The molecule has 1 aliphatic rings. The molecule has 3 aromatic rings. The molecule has 3 heterocycles. The molecule has 4 rings (SSSR count). The fourth-order valence-corrected chi connectivity index (χ4v) is 4.37. The van der Waals surface area contributed by atoms with Crippen LogP contribution in [0.5, 0.6) is 0 Å². The monoisotopic (exact) mass is 389 g/mol. The summed E-state index contributed by atoms with van der Waals surface area (Å²) in [5.41, 5.74) is 3.73. The predicted molar refractivity (Wildman–Crippen MR) is 113 cm³/mol. The van der Waals surface area contributed by atoms with Crippen molar-refractivity contribution in [3.05, 3.63) is 83.3 Å². The molecule has 1 amide bonds. The summed E-state index contributed by atoms with van der Waals surface area (Å²) in [6.07, 6.45) is 1.64. The second-order valence-corrected chi connectivity index (χ2v) is 7.77. The van der Waals surface area contributed by atoms with Crippen LogP contribution in [0.2, 0.25) is 0 Å². The van der Waals surface area contributed by atoms with Crippen LogP contribution in [0.3, 0.4) is 0 Å². The van der Waals surface area contributed by atoms with Crippen LogP contribution < -0.4 is 0 Å². The second-order valence-electron chi connectivity index (χ2n) is 7.77. The first-order valence-electron chi connectivity index (χ1n) is 10.1. The Morgan fingerprint density at radius 3 is 2.48 bits per heavy atom. The molecule has 5 nitrogen and oxygen atoms in total. The highest BCUT2D eigenvalue weighted by molar-refractivity contribution is 5.96. The van der Waals surface area contributed by atoms with Gasteiger partial charge in [-0.15, -0.1) is 0 Å². The zero-order valence-electron chi connectivity index (χ0n) is 17.4. The standard InChI is InChI=1S/C24H27N3O2/c1-16-14-21(18(3)26(16)22-12-8-9-13-25-22)24(28)27-17(2)15-29-23(19(27)4)20-10-6-5-7-11-20/h5-14,17,19,23H,15H2,1-4H3/t17-,19+,23+/m1/s1. The molecule has 0 radical (unpaired) electrons. The highest BCUT2D eigenvalue weighted by Crippen LogP contribution is 2.33. The van der Waals surface area contributed by atoms with Gasteiger partial charge >= 0.3 is 0 Å². The molecule has 0 spiro atoms. The summed E-state index contributed by atoms with van der Waals surface area (Å²) in [6, 6.07) is 17.9. The van der Waals surface area contributed by atoms with Crippen molar-refractivity contribution in [2.45, 2.75) is 45.9 Å². The van der Waals surface area contributed by atoms with Crippen molar-refractivity contribution in [1.82, 2.24) is 14.5 Å². The van der Waals surface area contributed by atoms with Gasteiger partial charge in [-0.2, -0.15) is 0 Å². The van der Waals surface area contributed by atoms with Gasteiger partial charge in [0, 0.05) is 17.6 Å². The highest BCUT2D eigenvalue weighted by atomic mass is 16.5. The van der Waals surface area contributed by atoms with Gasteiger partial charge in [0.1, 0.15) is 11.9 Å². The third kappa shape index (κ3) is 3.47. The number of benzene rings is 1. The van der Waals surface area contributed by atoms with E-state index in [0.717, 1.165) is 28.3 Å². The minimum absolute atomic E-state index is 0.00960. The number of nitrogens with zero attached hydrogens (tertiary/aromatic N) is 3. The van der Waals surface area contributed by atoms with Crippen LogP contribution in [0.4, 0.5) is 0 Å². The maximum Gasteiger partial charge on any atom is 0.256 e. The number of morpholine rings is 1. The topological polar surface area (TPSA) is 47.4 Å². The number of aryl methyl sites for hydroxylation is 1. The number of pyridine rings is 1. The van der Waals surface area contributed by atoms with E-state index in [1.165, 1.54) is 0 Å². The normalized spacial score (nSPS) is 21.9. The fraction of sp³-hybridized carbons (Fsp3) is 0.333. The van der Waals surface area contributed by atoms with Crippen LogP contribution >= 0.6 is 0 Å². The zero-order chi connectivity index (χ0) is 20.5. The summed E-state index contributed by atoms with van der Waals surface area (Å²) in [7, 11) is 0. The molecule has 2 aromatic heterocycles. The highest BCUT2D eigenvalue weighted by Gasteiger charge is 2.38. The first kappa shape index (κ1) is 19.4. The Bertz CT molecular complexity index is 998. The van der Waals surface area contributed by atoms with E-state index in [1.54, 1.807) is 6.20 Å². The number of aromatic nitrogens is 2. The lowest BCUT2D eigenvalue weighted by atomic mass is 9.97. The van der Waals surface area contributed by atoms with Crippen LogP contribution in [-0.4, -0.2) is 39.0 Å². The van der Waals surface area contributed by atoms with Gasteiger partial charge in [-0.25, -0.2) is 4.98 Å². The van der Waals surface area contributed by atoms with E-state index >= 15 is 0 Å². The van der Waals surface area contributed by atoms with E-state index in [2.05, 4.69) is 24.0 Å². The van der Waals surface area contributed by atoms with Gasteiger partial charge < -0.3 is 14.2 Å². The van der Waals surface area contributed by atoms with E-state index in [1.807, 2.05) is 72.7 Å². The Morgan fingerprint density at radius 1 is 1.07 bits per heavy atom. The number of ether oxygens (including phenoxy) is 1. The van der Waals surface area contributed by atoms with Crippen LogP contribution in [0, 0.1) is 13.8 Å². The molecule has 150 valence electrons. The van der Waals surface area contributed by atoms with Crippen molar-refractivity contribution in [3.8, 4) is 5.82 Å². The summed E-state index contributed by atoms with van der Waals surface area (Å²) in [6.45, 7) is 8.64. The number of amides is 1. The molecule has 0 aliphatic carbocycles. The first-order valence-corrected chi connectivity index (χ1v) is 10.1. The molecule has 3 atom stereocenters. The number of rotatable bonds is 3. The third-order valence-electron chi connectivity index (χ3n) is 5.77. The number of hydrogen-bond donors (Lipinski definition) is 0. The molecule has 5 heteroatoms. The summed E-state index contributed by atoms with van der Waals surface area (Å²) >= 11 is 0. The van der Waals surface area contributed by atoms with Crippen molar-refractivity contribution in [2.24, 2.45) is 0 Å². The van der Waals surface area contributed by atoms with Gasteiger partial charge in [0.15, 0.2) is 0 Å². The molecule has 0 bridgehead atoms. The van der Waals surface area contributed by atoms with Crippen molar-refractivity contribution in [2.75, 3.05) is 6.61 Å². The molecule has 0 saturated carbocycles. The minimum Gasteiger partial charge on any atom is -0.369 e. The van der Waals surface area contributed by atoms with Crippen molar-refractivity contribution in [3.63, 3.8) is 0 Å². The smallest absolute Gasteiger partial charge is 0.256 e.